The molecule has 7 heteroatoms. The average Bonchev–Trinajstić information content (AvgIpc) is 2.58. The van der Waals surface area contributed by atoms with E-state index in [0.29, 0.717) is 25.8 Å². The number of hydrogen-bond donors (Lipinski definition) is 3. The average molecular weight is 378 g/mol. The maximum Gasteiger partial charge on any atom is 0.312 e. The first-order valence-electron chi connectivity index (χ1n) is 7.90. The van der Waals surface area contributed by atoms with Crippen molar-refractivity contribution in [1.82, 2.24) is 5.32 Å². The molecule has 0 saturated heterocycles. The Morgan fingerprint density at radius 3 is 2.44 bits per heavy atom. The Morgan fingerprint density at radius 2 is 1.76 bits per heavy atom. The second-order valence-corrected chi connectivity index (χ2v) is 6.88. The number of carbonyl (C=O) groups excluding carboxylic acids is 2. The Morgan fingerprint density at radius 1 is 1.04 bits per heavy atom. The van der Waals surface area contributed by atoms with Gasteiger partial charge in [0.05, 0.1) is 5.02 Å². The van der Waals surface area contributed by atoms with Crippen LogP contribution in [0.15, 0.2) is 58.3 Å². The fraction of sp³-hybridized carbons (Fsp3) is 0.222. The molecule has 3 amide bonds. The van der Waals surface area contributed by atoms with Crippen LogP contribution in [0.4, 0.5) is 10.5 Å². The van der Waals surface area contributed by atoms with Crippen LogP contribution in [0.1, 0.15) is 19.3 Å². The summed E-state index contributed by atoms with van der Waals surface area (Å²) in [6, 6.07) is 14.8. The molecule has 2 aromatic rings. The lowest BCUT2D eigenvalue weighted by Gasteiger charge is -2.07. The van der Waals surface area contributed by atoms with Gasteiger partial charge in [-0.1, -0.05) is 35.5 Å². The minimum absolute atomic E-state index is 0.0504. The Hall–Kier alpha value is -2.18. The van der Waals surface area contributed by atoms with Gasteiger partial charge in [-0.3, -0.25) is 4.79 Å². The quantitative estimate of drug-likeness (QED) is 0.600. The van der Waals surface area contributed by atoms with Gasteiger partial charge in [0.2, 0.25) is 5.91 Å². The molecule has 0 aliphatic heterocycles. The number of carbonyl (C=O) groups is 2. The maximum atomic E-state index is 11.9. The molecule has 0 atom stereocenters. The van der Waals surface area contributed by atoms with Crippen LogP contribution in [0, 0.1) is 0 Å². The topological polar surface area (TPSA) is 84.2 Å². The van der Waals surface area contributed by atoms with Crippen LogP contribution in [0.25, 0.3) is 0 Å². The van der Waals surface area contributed by atoms with Crippen LogP contribution in [-0.4, -0.2) is 18.5 Å². The number of rotatable bonds is 8. The summed E-state index contributed by atoms with van der Waals surface area (Å²) in [5, 5.41) is 6.07. The fourth-order valence-electron chi connectivity index (χ4n) is 2.11. The van der Waals surface area contributed by atoms with Gasteiger partial charge in [-0.05, 0) is 49.2 Å². The Balaban J connectivity index is 1.77. The van der Waals surface area contributed by atoms with Crippen molar-refractivity contribution in [3.8, 4) is 0 Å². The van der Waals surface area contributed by atoms with Gasteiger partial charge in [-0.15, -0.1) is 0 Å². The highest BCUT2D eigenvalue weighted by Crippen LogP contribution is 2.33. The molecular weight excluding hydrogens is 358 g/mol. The second-order valence-electron chi connectivity index (χ2n) is 5.35. The summed E-state index contributed by atoms with van der Waals surface area (Å²) in [7, 11) is 0. The predicted octanol–water partition coefficient (Wildman–Crippen LogP) is 4.27. The van der Waals surface area contributed by atoms with Gasteiger partial charge in [0.25, 0.3) is 0 Å². The zero-order valence-corrected chi connectivity index (χ0v) is 15.2. The summed E-state index contributed by atoms with van der Waals surface area (Å²) in [4.78, 5) is 24.4. The van der Waals surface area contributed by atoms with Crippen LogP contribution in [0.2, 0.25) is 5.02 Å². The zero-order chi connectivity index (χ0) is 18.1. The predicted molar refractivity (Wildman–Crippen MR) is 102 cm³/mol. The van der Waals surface area contributed by atoms with E-state index in [1.807, 2.05) is 48.5 Å². The van der Waals surface area contributed by atoms with Crippen LogP contribution in [0.5, 0.6) is 0 Å². The molecule has 2 aromatic carbocycles. The lowest BCUT2D eigenvalue weighted by molar-refractivity contribution is -0.116. The lowest BCUT2D eigenvalue weighted by atomic mass is 10.2. The van der Waals surface area contributed by atoms with E-state index in [1.54, 1.807) is 11.8 Å². The molecule has 0 saturated carbocycles. The van der Waals surface area contributed by atoms with Crippen molar-refractivity contribution >= 4 is 41.0 Å². The van der Waals surface area contributed by atoms with E-state index < -0.39 is 6.03 Å². The van der Waals surface area contributed by atoms with E-state index in [9.17, 15) is 9.59 Å². The zero-order valence-electron chi connectivity index (χ0n) is 13.6. The summed E-state index contributed by atoms with van der Waals surface area (Å²) in [5.74, 6) is -0.0504. The molecule has 0 heterocycles. The number of halogens is 1. The van der Waals surface area contributed by atoms with Crippen molar-refractivity contribution in [2.75, 3.05) is 11.9 Å². The van der Waals surface area contributed by atoms with E-state index >= 15 is 0 Å². The monoisotopic (exact) mass is 377 g/mol. The van der Waals surface area contributed by atoms with Gasteiger partial charge in [-0.25, -0.2) is 4.79 Å². The van der Waals surface area contributed by atoms with Crippen molar-refractivity contribution in [3.05, 3.63) is 53.6 Å². The van der Waals surface area contributed by atoms with Gasteiger partial charge < -0.3 is 16.4 Å². The third-order valence-electron chi connectivity index (χ3n) is 3.33. The van der Waals surface area contributed by atoms with Crippen molar-refractivity contribution < 1.29 is 9.59 Å². The molecule has 0 bridgehead atoms. The number of unbranched alkanes of at least 4 members (excludes halogenated alkanes) is 1. The summed E-state index contributed by atoms with van der Waals surface area (Å²) < 4.78 is 0. The summed E-state index contributed by atoms with van der Waals surface area (Å²) >= 11 is 7.73. The first-order valence-corrected chi connectivity index (χ1v) is 9.09. The molecule has 0 aliphatic carbocycles. The van der Waals surface area contributed by atoms with Gasteiger partial charge >= 0.3 is 6.03 Å². The van der Waals surface area contributed by atoms with Gasteiger partial charge in [-0.2, -0.15) is 0 Å². The Kier molecular flexibility index (Phi) is 7.63. The third-order valence-corrected chi connectivity index (χ3v) is 4.86. The first kappa shape index (κ1) is 19.1. The summed E-state index contributed by atoms with van der Waals surface area (Å²) in [5.41, 5.74) is 5.72. The van der Waals surface area contributed by atoms with Crippen molar-refractivity contribution in [2.45, 2.75) is 29.1 Å². The molecule has 5 nitrogen and oxygen atoms in total. The van der Waals surface area contributed by atoms with Crippen LogP contribution in [-0.2, 0) is 4.79 Å². The SMILES string of the molecule is NC(=O)NCCCCC(=O)Nc1ccc(Sc2ccccc2Cl)cc1. The number of hydrogen-bond acceptors (Lipinski definition) is 3. The van der Waals surface area contributed by atoms with E-state index in [4.69, 9.17) is 17.3 Å². The number of nitrogens with two attached hydrogens (primary N) is 1. The molecule has 0 aliphatic rings. The normalized spacial score (nSPS) is 10.3. The van der Waals surface area contributed by atoms with Crippen LogP contribution < -0.4 is 16.4 Å². The number of amides is 3. The smallest absolute Gasteiger partial charge is 0.312 e. The van der Waals surface area contributed by atoms with Crippen molar-refractivity contribution in [2.24, 2.45) is 5.73 Å². The highest BCUT2D eigenvalue weighted by Gasteiger charge is 2.05. The molecule has 0 aromatic heterocycles. The number of primary amides is 1. The van der Waals surface area contributed by atoms with Crippen molar-refractivity contribution in [3.63, 3.8) is 0 Å². The van der Waals surface area contributed by atoms with Crippen molar-refractivity contribution in [1.29, 1.82) is 0 Å². The molecule has 2 rings (SSSR count). The van der Waals surface area contributed by atoms with E-state index in [2.05, 4.69) is 10.6 Å². The molecule has 0 radical (unpaired) electrons. The van der Waals surface area contributed by atoms with E-state index in [0.717, 1.165) is 20.5 Å². The van der Waals surface area contributed by atoms with Gasteiger partial charge in [0, 0.05) is 28.4 Å². The molecule has 132 valence electrons. The number of urea groups is 1. The molecule has 25 heavy (non-hydrogen) atoms. The number of benzene rings is 2. The van der Waals surface area contributed by atoms with Crippen LogP contribution >= 0.6 is 23.4 Å². The van der Waals surface area contributed by atoms with Gasteiger partial charge in [0.1, 0.15) is 0 Å². The highest BCUT2D eigenvalue weighted by molar-refractivity contribution is 7.99. The number of anilines is 1. The molecule has 0 fully saturated rings. The Labute approximate surface area is 156 Å². The highest BCUT2D eigenvalue weighted by atomic mass is 35.5. The second kappa shape index (κ2) is 9.96. The van der Waals surface area contributed by atoms with E-state index in [1.165, 1.54) is 0 Å². The summed E-state index contributed by atoms with van der Waals surface area (Å²) in [6.45, 7) is 0.483. The number of nitrogens with one attached hydrogen (secondary N) is 2. The lowest BCUT2D eigenvalue weighted by Crippen LogP contribution is -2.30. The molecule has 0 spiro atoms. The standard InChI is InChI=1S/C18H20ClN3O2S/c19-15-5-1-2-6-16(15)25-14-10-8-13(9-11-14)22-17(23)7-3-4-12-21-18(20)24/h1-2,5-6,8-11H,3-4,7,12H2,(H,22,23)(H3,20,21,24). The summed E-state index contributed by atoms with van der Waals surface area (Å²) in [6.07, 6.45) is 1.80. The fourth-order valence-corrected chi connectivity index (χ4v) is 3.20. The first-order chi connectivity index (χ1) is 12.0. The molecular formula is C18H20ClN3O2S. The molecule has 0 unspecified atom stereocenters. The Bertz CT molecular complexity index is 723. The minimum atomic E-state index is -0.542. The van der Waals surface area contributed by atoms with Crippen LogP contribution in [0.3, 0.4) is 0 Å². The molecule has 4 N–H and O–H groups in total. The largest absolute Gasteiger partial charge is 0.352 e. The third kappa shape index (κ3) is 7.07. The minimum Gasteiger partial charge on any atom is -0.352 e. The maximum absolute atomic E-state index is 11.9. The van der Waals surface area contributed by atoms with E-state index in [-0.39, 0.29) is 5.91 Å². The van der Waals surface area contributed by atoms with Gasteiger partial charge in [0.15, 0.2) is 0 Å².